The molecule has 0 aliphatic heterocycles. The molecule has 244 valence electrons. The summed E-state index contributed by atoms with van der Waals surface area (Å²) in [6.45, 7) is 26.2. The van der Waals surface area contributed by atoms with Crippen LogP contribution in [0, 0.1) is 11.3 Å². The molecule has 0 saturated heterocycles. The SMILES string of the molecule is Cl.Cl.[CH2]=[Zr]([CH3])([C]1=C(CC)C(C(C)(C)C)=CC1CC)([c]1ccccc1)[c]1c(C(C)(C)C)ccc2c1Cc1cc(C(C)(C)C)ccc1-2. The van der Waals surface area contributed by atoms with E-state index < -0.39 is 18.3 Å². The summed E-state index contributed by atoms with van der Waals surface area (Å²) in [6.07, 6.45) is 5.83. The molecule has 0 aromatic heterocycles. The molecule has 0 nitrogen and oxygen atoms in total. The van der Waals surface area contributed by atoms with E-state index in [9.17, 15) is 0 Å². The van der Waals surface area contributed by atoms with E-state index in [-0.39, 0.29) is 41.1 Å². The minimum absolute atomic E-state index is 0. The van der Waals surface area contributed by atoms with Crippen LogP contribution in [-0.4, -0.2) is 4.21 Å². The number of halogens is 2. The van der Waals surface area contributed by atoms with E-state index in [1.807, 2.05) is 0 Å². The second-order valence-corrected chi connectivity index (χ2v) is 30.9. The van der Waals surface area contributed by atoms with Crippen molar-refractivity contribution >= 4 is 35.6 Å². The minimum atomic E-state index is -4.54. The summed E-state index contributed by atoms with van der Waals surface area (Å²) in [7, 11) is 0. The monoisotopic (exact) mass is 722 g/mol. The molecule has 0 N–H and O–H groups in total. The third-order valence-electron chi connectivity index (χ3n) is 10.7. The third-order valence-corrected chi connectivity index (χ3v) is 25.3. The van der Waals surface area contributed by atoms with Crippen LogP contribution in [0.15, 0.2) is 81.2 Å². The predicted molar refractivity (Wildman–Crippen MR) is 204 cm³/mol. The van der Waals surface area contributed by atoms with Gasteiger partial charge in [-0.25, -0.2) is 0 Å². The summed E-state index contributed by atoms with van der Waals surface area (Å²) >= 11 is -4.54. The molecule has 5 rings (SSSR count). The molecule has 0 fully saturated rings. The van der Waals surface area contributed by atoms with Gasteiger partial charge in [-0.15, -0.1) is 24.8 Å². The molecule has 0 bridgehead atoms. The first-order valence-electron chi connectivity index (χ1n) is 16.7. The number of benzene rings is 3. The fraction of sp³-hybridized carbons (Fsp3) is 0.452. The maximum atomic E-state index is 5.73. The normalized spacial score (nSPS) is 16.9. The van der Waals surface area contributed by atoms with Gasteiger partial charge in [0.2, 0.25) is 0 Å². The number of allylic oxidation sites excluding steroid dienone is 4. The van der Waals surface area contributed by atoms with Crippen LogP contribution >= 0.6 is 24.8 Å². The van der Waals surface area contributed by atoms with E-state index in [4.69, 9.17) is 4.21 Å². The summed E-state index contributed by atoms with van der Waals surface area (Å²) < 4.78 is 13.3. The van der Waals surface area contributed by atoms with Gasteiger partial charge in [-0.05, 0) is 0 Å². The Morgan fingerprint density at radius 2 is 1.36 bits per heavy atom. The van der Waals surface area contributed by atoms with E-state index in [1.54, 1.807) is 23.3 Å². The molecule has 1 unspecified atom stereocenters. The summed E-state index contributed by atoms with van der Waals surface area (Å²) in [5.41, 5.74) is 12.2. The van der Waals surface area contributed by atoms with Crippen LogP contribution in [0.2, 0.25) is 4.63 Å². The van der Waals surface area contributed by atoms with Crippen molar-refractivity contribution in [3.8, 4) is 11.1 Å². The number of fused-ring (bicyclic) bond motifs is 3. The molecule has 0 heterocycles. The number of hydrogen-bond acceptors (Lipinski definition) is 0. The zero-order chi connectivity index (χ0) is 31.8. The Morgan fingerprint density at radius 1 is 0.756 bits per heavy atom. The molecule has 0 radical (unpaired) electrons. The maximum absolute atomic E-state index is 5.73. The average Bonchev–Trinajstić information content (AvgIpc) is 3.50. The van der Waals surface area contributed by atoms with Crippen LogP contribution in [0.3, 0.4) is 0 Å². The first kappa shape index (κ1) is 37.9. The molecule has 1 atom stereocenters. The van der Waals surface area contributed by atoms with Gasteiger partial charge < -0.3 is 0 Å². The van der Waals surface area contributed by atoms with Gasteiger partial charge >= 0.3 is 266 Å². The van der Waals surface area contributed by atoms with Gasteiger partial charge in [-0.3, -0.25) is 0 Å². The molecule has 0 saturated carbocycles. The molecule has 3 aromatic carbocycles. The molecule has 45 heavy (non-hydrogen) atoms. The standard InChI is InChI=1S/C21H25.C13H21.C6H5.CH3.CH2.2ClH.Zr/c1-20(2,3)16-7-9-18-14(12-16)11-15-13-17(21(4,5)6)8-10-19(15)18;1-6-10-8-11(7-2)12(9-10)13(3,4)5;1-2-4-6-5-3-1;;;;;/h7-10,12H,11H2,1-6H3;9-10H,6-7H2,1-5H3;1-5H;1H3;1H2;2*1H;. The van der Waals surface area contributed by atoms with E-state index in [0.29, 0.717) is 5.92 Å². The fourth-order valence-electron chi connectivity index (χ4n) is 8.54. The molecular weight excluding hydrogens is 667 g/mol. The first-order valence-corrected chi connectivity index (χ1v) is 24.6. The molecule has 2 aliphatic carbocycles. The fourth-order valence-corrected chi connectivity index (χ4v) is 24.8. The topological polar surface area (TPSA) is 0 Å². The van der Waals surface area contributed by atoms with Crippen molar-refractivity contribution < 1.29 is 18.3 Å². The zero-order valence-corrected chi connectivity index (χ0v) is 34.2. The summed E-state index contributed by atoms with van der Waals surface area (Å²) in [5, 5.41) is 0. The Hall–Kier alpha value is -1.53. The van der Waals surface area contributed by atoms with Gasteiger partial charge in [0, 0.05) is 0 Å². The van der Waals surface area contributed by atoms with Crippen LogP contribution in [0.1, 0.15) is 111 Å². The van der Waals surface area contributed by atoms with Crippen molar-refractivity contribution in [2.45, 2.75) is 111 Å². The van der Waals surface area contributed by atoms with Crippen molar-refractivity contribution in [1.82, 2.24) is 0 Å². The van der Waals surface area contributed by atoms with E-state index in [1.165, 1.54) is 31.1 Å². The Kier molecular flexibility index (Phi) is 10.5. The van der Waals surface area contributed by atoms with Crippen molar-refractivity contribution in [3.05, 3.63) is 103 Å². The molecular formula is C42H58Cl2Zr. The summed E-state index contributed by atoms with van der Waals surface area (Å²) in [6, 6.07) is 23.8. The van der Waals surface area contributed by atoms with Crippen molar-refractivity contribution in [1.29, 1.82) is 0 Å². The van der Waals surface area contributed by atoms with Crippen LogP contribution < -0.4 is 6.54 Å². The molecule has 3 aromatic rings. The molecule has 0 amide bonds. The Bertz CT molecular complexity index is 1720. The van der Waals surface area contributed by atoms with E-state index in [2.05, 4.69) is 148 Å². The van der Waals surface area contributed by atoms with Crippen molar-refractivity contribution in [2.75, 3.05) is 0 Å². The van der Waals surface area contributed by atoms with E-state index in [0.717, 1.165) is 19.3 Å². The summed E-state index contributed by atoms with van der Waals surface area (Å²) in [4.78, 5) is 0. The molecule has 0 spiro atoms. The quantitative estimate of drug-likeness (QED) is 0.192. The van der Waals surface area contributed by atoms with Crippen molar-refractivity contribution in [2.24, 2.45) is 11.3 Å². The van der Waals surface area contributed by atoms with Crippen LogP contribution in [0.5, 0.6) is 0 Å². The average molecular weight is 725 g/mol. The van der Waals surface area contributed by atoms with Gasteiger partial charge in [0.05, 0.1) is 0 Å². The predicted octanol–water partition coefficient (Wildman–Crippen LogP) is 11.5. The molecule has 3 heteroatoms. The van der Waals surface area contributed by atoms with Crippen molar-refractivity contribution in [3.63, 3.8) is 0 Å². The van der Waals surface area contributed by atoms with Crippen LogP contribution in [-0.2, 0) is 35.5 Å². The molecule has 2 aliphatic rings. The van der Waals surface area contributed by atoms with Gasteiger partial charge in [-0.2, -0.15) is 0 Å². The third kappa shape index (κ3) is 6.14. The number of hydrogen-bond donors (Lipinski definition) is 0. The second-order valence-electron chi connectivity index (χ2n) is 17.0. The number of rotatable bonds is 5. The van der Waals surface area contributed by atoms with Crippen LogP contribution in [0.25, 0.3) is 11.1 Å². The second kappa shape index (κ2) is 12.5. The van der Waals surface area contributed by atoms with E-state index >= 15 is 0 Å². The van der Waals surface area contributed by atoms with Crippen LogP contribution in [0.4, 0.5) is 0 Å². The van der Waals surface area contributed by atoms with Gasteiger partial charge in [0.25, 0.3) is 0 Å². The van der Waals surface area contributed by atoms with Gasteiger partial charge in [0.1, 0.15) is 0 Å². The Morgan fingerprint density at radius 3 is 1.87 bits per heavy atom. The summed E-state index contributed by atoms with van der Waals surface area (Å²) in [5.74, 6) is 0.428. The Labute approximate surface area is 288 Å². The van der Waals surface area contributed by atoms with Gasteiger partial charge in [-0.1, -0.05) is 0 Å². The zero-order valence-electron chi connectivity index (χ0n) is 30.1. The Balaban J connectivity index is 0.00000276. The van der Waals surface area contributed by atoms with Gasteiger partial charge in [0.15, 0.2) is 0 Å². The first-order chi connectivity index (χ1) is 19.8.